The van der Waals surface area contributed by atoms with Crippen LogP contribution in [0.3, 0.4) is 0 Å². The highest BCUT2D eigenvalue weighted by atomic mass is 127. The molecule has 4 N–H and O–H groups in total. The van der Waals surface area contributed by atoms with Crippen LogP contribution in [0.25, 0.3) is 0 Å². The van der Waals surface area contributed by atoms with Crippen LogP contribution >= 0.6 is 22.6 Å². The highest BCUT2D eigenvalue weighted by Gasteiger charge is 2.53. The van der Waals surface area contributed by atoms with Crippen molar-refractivity contribution in [2.75, 3.05) is 26.8 Å². The monoisotopic (exact) mass is 696 g/mol. The van der Waals surface area contributed by atoms with Crippen LogP contribution in [0, 0.1) is 26.7 Å². The summed E-state index contributed by atoms with van der Waals surface area (Å²) in [6, 6.07) is 2.84. The summed E-state index contributed by atoms with van der Waals surface area (Å²) in [7, 11) is 1.51. The predicted molar refractivity (Wildman–Crippen MR) is 166 cm³/mol. The van der Waals surface area contributed by atoms with E-state index in [1.54, 1.807) is 18.2 Å². The molecule has 2 amide bonds. The normalized spacial score (nSPS) is 31.4. The lowest BCUT2D eigenvalue weighted by molar-refractivity contribution is -0.147. The lowest BCUT2D eigenvalue weighted by Gasteiger charge is -2.58. The van der Waals surface area contributed by atoms with Crippen LogP contribution in [0.2, 0.25) is 0 Å². The molecule has 42 heavy (non-hydrogen) atoms. The van der Waals surface area contributed by atoms with Gasteiger partial charge in [-0.15, -0.1) is 0 Å². The van der Waals surface area contributed by atoms with E-state index in [-0.39, 0.29) is 43.4 Å². The van der Waals surface area contributed by atoms with Gasteiger partial charge in [-0.2, -0.15) is 0 Å². The first-order valence-corrected chi connectivity index (χ1v) is 16.5. The number of rotatable bonds is 12. The molecule has 0 aliphatic heterocycles. The summed E-state index contributed by atoms with van der Waals surface area (Å²) in [6.07, 6.45) is 8.22. The van der Waals surface area contributed by atoms with Gasteiger partial charge in [0.15, 0.2) is 11.5 Å². The zero-order valence-electron chi connectivity index (χ0n) is 24.7. The van der Waals surface area contributed by atoms with E-state index in [2.05, 4.69) is 27.9 Å². The van der Waals surface area contributed by atoms with E-state index in [9.17, 15) is 24.9 Å². The lowest BCUT2D eigenvalue weighted by Crippen LogP contribution is -2.59. The minimum Gasteiger partial charge on any atom is -0.493 e. The van der Waals surface area contributed by atoms with Crippen LogP contribution in [0.15, 0.2) is 23.8 Å². The van der Waals surface area contributed by atoms with Crippen LogP contribution in [0.4, 0.5) is 0 Å². The topological polar surface area (TPSA) is 129 Å². The van der Waals surface area contributed by atoms with Gasteiger partial charge in [-0.1, -0.05) is 6.92 Å². The molecule has 4 saturated carbocycles. The quantitative estimate of drug-likeness (QED) is 0.246. The van der Waals surface area contributed by atoms with Gasteiger partial charge in [0.25, 0.3) is 0 Å². The van der Waals surface area contributed by atoms with Crippen molar-refractivity contribution in [2.45, 2.75) is 89.6 Å². The molecule has 10 heteroatoms. The number of hydrogen-bond donors (Lipinski definition) is 4. The second kappa shape index (κ2) is 13.4. The van der Waals surface area contributed by atoms with Gasteiger partial charge in [-0.25, -0.2) is 0 Å². The zero-order valence-corrected chi connectivity index (χ0v) is 26.8. The maximum atomic E-state index is 13.8. The van der Waals surface area contributed by atoms with Gasteiger partial charge < -0.3 is 35.0 Å². The average molecular weight is 697 g/mol. The number of aliphatic hydroxyl groups excluding tert-OH is 3. The Morgan fingerprint density at radius 1 is 1.12 bits per heavy atom. The molecule has 0 saturated heterocycles. The molecule has 1 aromatic rings. The van der Waals surface area contributed by atoms with Gasteiger partial charge in [0.05, 0.1) is 29.9 Å². The van der Waals surface area contributed by atoms with Crippen molar-refractivity contribution in [2.24, 2.45) is 23.2 Å². The molecule has 3 atom stereocenters. The number of hydrogen-bond acceptors (Lipinski definition) is 7. The molecule has 9 nitrogen and oxygen atoms in total. The van der Waals surface area contributed by atoms with Gasteiger partial charge >= 0.3 is 0 Å². The maximum absolute atomic E-state index is 13.8. The Hall–Kier alpha value is -1.89. The summed E-state index contributed by atoms with van der Waals surface area (Å²) in [5, 5.41) is 33.6. The molecule has 1 aromatic carbocycles. The van der Waals surface area contributed by atoms with Gasteiger partial charge in [0, 0.05) is 31.5 Å². The number of carbonyl (C=O) groups is 2. The molecule has 5 aliphatic carbocycles. The molecule has 0 heterocycles. The first-order valence-electron chi connectivity index (χ1n) is 15.4. The number of carbonyl (C=O) groups excluding carboxylic acids is 2. The van der Waals surface area contributed by atoms with E-state index in [0.29, 0.717) is 45.6 Å². The molecular weight excluding hydrogens is 651 g/mol. The molecule has 0 aromatic heterocycles. The minimum atomic E-state index is -1.08. The van der Waals surface area contributed by atoms with Crippen LogP contribution in [-0.2, 0) is 16.2 Å². The van der Waals surface area contributed by atoms with Crippen molar-refractivity contribution < 1.29 is 34.4 Å². The fourth-order valence-electron chi connectivity index (χ4n) is 8.49. The van der Waals surface area contributed by atoms with Gasteiger partial charge in [-0.3, -0.25) is 9.59 Å². The molecule has 5 aliphatic rings. The molecule has 4 bridgehead atoms. The standard InChI is InChI=1S/C32H45IN2O7/c1-3-4-28(38)35(18-32-14-19-7-20(15-32)9-21(8-19)16-32)25-12-23(31(40)34-5-6-36)13-26(29(25)39)42-30-24(33)10-22(17-37)11-27(30)41-2/h10-11,13,19-21,25-26,29,36-37,39H,3-9,12,14-18H2,1-2H3,(H,34,40). The number of aliphatic hydroxyl groups is 3. The van der Waals surface area contributed by atoms with Crippen molar-refractivity contribution >= 4 is 34.4 Å². The Bertz CT molecular complexity index is 1150. The Balaban J connectivity index is 1.48. The van der Waals surface area contributed by atoms with E-state index in [1.165, 1.54) is 26.4 Å². The summed E-state index contributed by atoms with van der Waals surface area (Å²) >= 11 is 2.11. The predicted octanol–water partition coefficient (Wildman–Crippen LogP) is 3.55. The highest BCUT2D eigenvalue weighted by Crippen LogP contribution is 2.60. The average Bonchev–Trinajstić information content (AvgIpc) is 2.95. The summed E-state index contributed by atoms with van der Waals surface area (Å²) in [5.74, 6) is 2.65. The van der Waals surface area contributed by atoms with E-state index in [4.69, 9.17) is 9.47 Å². The Morgan fingerprint density at radius 3 is 2.36 bits per heavy atom. The van der Waals surface area contributed by atoms with E-state index >= 15 is 0 Å². The number of nitrogens with one attached hydrogen (secondary N) is 1. The number of amides is 2. The molecule has 0 radical (unpaired) electrons. The van der Waals surface area contributed by atoms with Gasteiger partial charge in [0.1, 0.15) is 12.2 Å². The van der Waals surface area contributed by atoms with E-state index < -0.39 is 18.2 Å². The number of benzene rings is 1. The Morgan fingerprint density at radius 2 is 1.79 bits per heavy atom. The third-order valence-electron chi connectivity index (χ3n) is 9.80. The molecular formula is C32H45IN2O7. The minimum absolute atomic E-state index is 0.00696. The zero-order chi connectivity index (χ0) is 30.0. The number of halogens is 1. The summed E-state index contributed by atoms with van der Waals surface area (Å²) in [5.41, 5.74) is 1.15. The fraction of sp³-hybridized carbons (Fsp3) is 0.688. The second-order valence-corrected chi connectivity index (χ2v) is 14.1. The first kappa shape index (κ1) is 31.5. The lowest BCUT2D eigenvalue weighted by atomic mass is 9.49. The van der Waals surface area contributed by atoms with E-state index in [1.807, 2.05) is 11.8 Å². The molecule has 232 valence electrons. The second-order valence-electron chi connectivity index (χ2n) is 13.0. The Labute approximate surface area is 262 Å². The van der Waals surface area contributed by atoms with E-state index in [0.717, 1.165) is 37.0 Å². The number of ether oxygens (including phenoxy) is 2. The molecule has 3 unspecified atom stereocenters. The van der Waals surface area contributed by atoms with Gasteiger partial charge in [-0.05, 0) is 114 Å². The summed E-state index contributed by atoms with van der Waals surface area (Å²) in [6.45, 7) is 2.34. The van der Waals surface area contributed by atoms with Crippen LogP contribution in [0.5, 0.6) is 11.5 Å². The van der Waals surface area contributed by atoms with Crippen molar-refractivity contribution in [1.82, 2.24) is 10.2 Å². The van der Waals surface area contributed by atoms with Crippen LogP contribution in [0.1, 0.15) is 70.3 Å². The maximum Gasteiger partial charge on any atom is 0.247 e. The molecule has 6 rings (SSSR count). The summed E-state index contributed by atoms with van der Waals surface area (Å²) < 4.78 is 12.7. The van der Waals surface area contributed by atoms with Crippen molar-refractivity contribution in [3.8, 4) is 11.5 Å². The fourth-order valence-corrected chi connectivity index (χ4v) is 9.28. The first-order chi connectivity index (χ1) is 20.2. The summed E-state index contributed by atoms with van der Waals surface area (Å²) in [4.78, 5) is 28.9. The largest absolute Gasteiger partial charge is 0.493 e. The van der Waals surface area contributed by atoms with Crippen molar-refractivity contribution in [3.05, 3.63) is 32.9 Å². The highest BCUT2D eigenvalue weighted by molar-refractivity contribution is 14.1. The van der Waals surface area contributed by atoms with Crippen LogP contribution < -0.4 is 14.8 Å². The number of methoxy groups -OCH3 is 1. The van der Waals surface area contributed by atoms with Crippen molar-refractivity contribution in [1.29, 1.82) is 0 Å². The number of nitrogens with zero attached hydrogens (tertiary/aromatic N) is 1. The molecule has 0 spiro atoms. The third-order valence-corrected chi connectivity index (χ3v) is 10.6. The van der Waals surface area contributed by atoms with Crippen LogP contribution in [-0.4, -0.2) is 77.1 Å². The van der Waals surface area contributed by atoms with Gasteiger partial charge in [0.2, 0.25) is 11.8 Å². The SMILES string of the molecule is CCCC(=O)N(CC12CC3CC(CC(C3)C1)C2)C1CC(C(=O)NCCO)=CC(Oc2c(I)cc(CO)cc2OC)C1O. The Kier molecular flexibility index (Phi) is 10.1. The molecule has 4 fully saturated rings. The smallest absolute Gasteiger partial charge is 0.247 e. The third kappa shape index (κ3) is 6.61. The van der Waals surface area contributed by atoms with Crippen molar-refractivity contribution in [3.63, 3.8) is 0 Å².